The second-order valence-electron chi connectivity index (χ2n) is 8.40. The van der Waals surface area contributed by atoms with Crippen molar-refractivity contribution in [2.45, 2.75) is 9.79 Å². The van der Waals surface area contributed by atoms with Gasteiger partial charge in [-0.3, -0.25) is 20.2 Å². The molecule has 0 saturated carbocycles. The normalized spacial score (nSPS) is 11.3. The zero-order valence-electron chi connectivity index (χ0n) is 22.4. The highest BCUT2D eigenvalue weighted by Gasteiger charge is 2.19. The number of halogens is 1. The summed E-state index contributed by atoms with van der Waals surface area (Å²) in [5.41, 5.74) is -2.05. The van der Waals surface area contributed by atoms with E-state index in [4.69, 9.17) is 0 Å². The number of nitrogens with zero attached hydrogens (tertiary/aromatic N) is 4. The molecule has 43 heavy (non-hydrogen) atoms. The van der Waals surface area contributed by atoms with Crippen LogP contribution in [0.25, 0.3) is 10.6 Å². The third-order valence-electron chi connectivity index (χ3n) is 5.19. The summed E-state index contributed by atoms with van der Waals surface area (Å²) in [4.78, 5) is 17.9. The number of aryl methyl sites for hydroxylation is 2. The molecule has 0 aliphatic heterocycles. The quantitative estimate of drug-likeness (QED) is 0.0946. The van der Waals surface area contributed by atoms with Crippen molar-refractivity contribution in [3.05, 3.63) is 129 Å². The molecule has 0 fully saturated rings. The SMILES string of the molecule is C[n+]1ccccc1.C[n+]1ccccc1.O=[N+]([O-])c1ccc(/C=C(\Br)c2ccc([N+](=O)[O-])cc2S(=O)(=O)[O-])c(S(=O)(=O)[O-])c1. The van der Waals surface area contributed by atoms with E-state index in [2.05, 4.69) is 15.9 Å². The third kappa shape index (κ3) is 11.1. The Hall–Kier alpha value is -4.42. The molecule has 2 heterocycles. The molecular weight excluding hydrogens is 672 g/mol. The monoisotopic (exact) mass is 694 g/mol. The maximum atomic E-state index is 11.5. The molecule has 2 aromatic carbocycles. The maximum Gasteiger partial charge on any atom is 0.270 e. The lowest BCUT2D eigenvalue weighted by molar-refractivity contribution is -0.671. The number of non-ortho nitro benzene ring substituents is 2. The lowest BCUT2D eigenvalue weighted by Crippen LogP contribution is -2.25. The zero-order chi connectivity index (χ0) is 32.4. The number of benzene rings is 2. The highest BCUT2D eigenvalue weighted by Crippen LogP contribution is 2.34. The molecule has 0 radical (unpaired) electrons. The van der Waals surface area contributed by atoms with Crippen LogP contribution in [0.15, 0.2) is 107 Å². The molecule has 14 nitrogen and oxygen atoms in total. The number of aromatic nitrogens is 2. The molecule has 0 saturated heterocycles. The molecule has 4 rings (SSSR count). The summed E-state index contributed by atoms with van der Waals surface area (Å²) in [5, 5.41) is 21.6. The molecular formula is C26H23BrN4O10S2. The van der Waals surface area contributed by atoms with Gasteiger partial charge in [-0.2, -0.15) is 0 Å². The van der Waals surface area contributed by atoms with Gasteiger partial charge in [0.1, 0.15) is 34.3 Å². The van der Waals surface area contributed by atoms with E-state index in [0.29, 0.717) is 12.1 Å². The summed E-state index contributed by atoms with van der Waals surface area (Å²) in [6, 6.07) is 16.7. The fraction of sp³-hybridized carbons (Fsp3) is 0.0769. The van der Waals surface area contributed by atoms with Crippen LogP contribution in [0.5, 0.6) is 0 Å². The first kappa shape index (κ1) is 34.8. The van der Waals surface area contributed by atoms with Crippen LogP contribution in [-0.2, 0) is 34.3 Å². The number of rotatable bonds is 6. The van der Waals surface area contributed by atoms with Crippen molar-refractivity contribution in [3.8, 4) is 0 Å². The Labute approximate surface area is 255 Å². The van der Waals surface area contributed by atoms with Gasteiger partial charge in [0.15, 0.2) is 24.8 Å². The van der Waals surface area contributed by atoms with Gasteiger partial charge in [0.25, 0.3) is 11.4 Å². The molecule has 2 aromatic heterocycles. The van der Waals surface area contributed by atoms with Crippen molar-refractivity contribution in [2.24, 2.45) is 14.1 Å². The Morgan fingerprint density at radius 3 is 1.44 bits per heavy atom. The first-order valence-electron chi connectivity index (χ1n) is 11.7. The highest BCUT2D eigenvalue weighted by molar-refractivity contribution is 9.15. The predicted molar refractivity (Wildman–Crippen MR) is 154 cm³/mol. The lowest BCUT2D eigenvalue weighted by Gasteiger charge is -2.14. The van der Waals surface area contributed by atoms with Crippen LogP contribution in [0.3, 0.4) is 0 Å². The summed E-state index contributed by atoms with van der Waals surface area (Å²) in [7, 11) is -6.34. The van der Waals surface area contributed by atoms with Crippen LogP contribution in [0.4, 0.5) is 11.4 Å². The smallest absolute Gasteiger partial charge is 0.270 e. The summed E-state index contributed by atoms with van der Waals surface area (Å²) in [5.74, 6) is 0. The van der Waals surface area contributed by atoms with Crippen molar-refractivity contribution >= 4 is 58.1 Å². The van der Waals surface area contributed by atoms with Crippen LogP contribution in [-0.4, -0.2) is 35.8 Å². The highest BCUT2D eigenvalue weighted by atomic mass is 79.9. The van der Waals surface area contributed by atoms with Crippen molar-refractivity contribution in [1.82, 2.24) is 0 Å². The second kappa shape index (κ2) is 15.2. The number of hydrogen-bond donors (Lipinski definition) is 0. The average molecular weight is 696 g/mol. The average Bonchev–Trinajstić information content (AvgIpc) is 2.93. The molecule has 0 atom stereocenters. The first-order chi connectivity index (χ1) is 20.0. The molecule has 0 unspecified atom stereocenters. The van der Waals surface area contributed by atoms with Crippen molar-refractivity contribution < 1.29 is 44.9 Å². The summed E-state index contributed by atoms with van der Waals surface area (Å²) < 4.78 is 72.6. The fourth-order valence-corrected chi connectivity index (χ4v) is 5.30. The van der Waals surface area contributed by atoms with Crippen molar-refractivity contribution in [3.63, 3.8) is 0 Å². The molecule has 0 aliphatic rings. The van der Waals surface area contributed by atoms with Crippen LogP contribution in [0.2, 0.25) is 0 Å². The van der Waals surface area contributed by atoms with Crippen molar-refractivity contribution in [2.75, 3.05) is 0 Å². The molecule has 0 aliphatic carbocycles. The van der Waals surface area contributed by atoms with Crippen molar-refractivity contribution in [1.29, 1.82) is 0 Å². The first-order valence-corrected chi connectivity index (χ1v) is 15.3. The molecule has 0 N–H and O–H groups in total. The molecule has 0 spiro atoms. The largest absolute Gasteiger partial charge is 0.744 e. The third-order valence-corrected chi connectivity index (χ3v) is 7.62. The topological polar surface area (TPSA) is 208 Å². The van der Waals surface area contributed by atoms with Gasteiger partial charge in [-0.05, 0) is 23.8 Å². The summed E-state index contributed by atoms with van der Waals surface area (Å²) in [6.45, 7) is 0. The van der Waals surface area contributed by atoms with Gasteiger partial charge in [0, 0.05) is 58.6 Å². The number of nitro groups is 2. The van der Waals surface area contributed by atoms with Crippen LogP contribution >= 0.6 is 15.9 Å². The summed E-state index contributed by atoms with van der Waals surface area (Å²) >= 11 is 2.93. The fourth-order valence-electron chi connectivity index (χ4n) is 3.18. The molecule has 226 valence electrons. The van der Waals surface area contributed by atoms with E-state index in [9.17, 15) is 46.2 Å². The maximum absolute atomic E-state index is 11.5. The Balaban J connectivity index is 0.000000371. The van der Waals surface area contributed by atoms with E-state index in [1.165, 1.54) is 0 Å². The Morgan fingerprint density at radius 2 is 1.09 bits per heavy atom. The molecule has 0 amide bonds. The van der Waals surface area contributed by atoms with Gasteiger partial charge in [-0.15, -0.1) is 0 Å². The minimum absolute atomic E-state index is 0.222. The zero-order valence-corrected chi connectivity index (χ0v) is 25.6. The summed E-state index contributed by atoms with van der Waals surface area (Å²) in [6.07, 6.45) is 8.93. The van der Waals surface area contributed by atoms with E-state index in [0.717, 1.165) is 30.3 Å². The minimum atomic E-state index is -5.18. The number of pyridine rings is 2. The van der Waals surface area contributed by atoms with Gasteiger partial charge >= 0.3 is 0 Å². The molecule has 17 heteroatoms. The lowest BCUT2D eigenvalue weighted by atomic mass is 10.1. The number of nitro benzene ring substituents is 2. The van der Waals surface area contributed by atoms with Gasteiger partial charge in [-0.25, -0.2) is 26.0 Å². The molecule has 4 aromatic rings. The van der Waals surface area contributed by atoms with Gasteiger partial charge < -0.3 is 9.11 Å². The van der Waals surface area contributed by atoms with Gasteiger partial charge in [0.05, 0.1) is 19.6 Å². The Kier molecular flexibility index (Phi) is 12.3. The van der Waals surface area contributed by atoms with Crippen LogP contribution in [0, 0.1) is 20.2 Å². The molecule has 0 bridgehead atoms. The van der Waals surface area contributed by atoms with E-state index < -0.39 is 51.2 Å². The van der Waals surface area contributed by atoms with Crippen LogP contribution in [0.1, 0.15) is 11.1 Å². The van der Waals surface area contributed by atoms with E-state index >= 15 is 0 Å². The minimum Gasteiger partial charge on any atom is -0.744 e. The Morgan fingerprint density at radius 1 is 0.698 bits per heavy atom. The number of hydrogen-bond acceptors (Lipinski definition) is 10. The Bertz CT molecular complexity index is 1820. The van der Waals surface area contributed by atoms with Crippen LogP contribution < -0.4 is 9.13 Å². The van der Waals surface area contributed by atoms with E-state index in [-0.39, 0.29) is 15.6 Å². The van der Waals surface area contributed by atoms with Gasteiger partial charge in [-0.1, -0.05) is 28.1 Å². The van der Waals surface area contributed by atoms with Gasteiger partial charge in [0.2, 0.25) is 0 Å². The van der Waals surface area contributed by atoms with E-state index in [1.807, 2.05) is 84.4 Å². The standard InChI is InChI=1S/C14H9BrN2O10S2.2C6H8N/c15-12(11-4-3-10(17(20)21)7-14(11)29(25,26)27)5-8-1-2-9(16(18)19)6-13(8)28(22,23)24;2*1-7-5-3-2-4-6-7/h1-7H,(H,22,23,24)(H,25,26,27);2*2-6H,1H3/q;2*+1/p-2/b12-5-;;. The van der Waals surface area contributed by atoms with E-state index in [1.54, 1.807) is 0 Å². The predicted octanol–water partition coefficient (Wildman–Crippen LogP) is 3.23. The second-order valence-corrected chi connectivity index (χ2v) is 11.9.